The molecule has 7 nitrogen and oxygen atoms in total. The van der Waals surface area contributed by atoms with Crippen LogP contribution in [-0.2, 0) is 6.18 Å². The van der Waals surface area contributed by atoms with Crippen LogP contribution in [0.5, 0.6) is 0 Å². The Balaban J connectivity index is 1.97. The molecule has 0 saturated heterocycles. The normalized spacial score (nSPS) is 13.9. The fraction of sp³-hybridized carbons (Fsp3) is 0.375. The standard InChI is InChI=1S/C16H15BrF3N5O2S/c1-2-21-15(27)24-10-5-8(9(17)6-22-10)14-25-12(16(18,19)20)11(28-14)13(26)23-7-3-4-7/h5-7H,2-4H2,1H3,(H,23,26)(H2,21,22,24,27). The summed E-state index contributed by atoms with van der Waals surface area (Å²) in [6, 6.07) is 0.809. The third kappa shape index (κ3) is 4.79. The molecule has 3 amide bonds. The summed E-state index contributed by atoms with van der Waals surface area (Å²) in [6.45, 7) is 2.14. The summed E-state index contributed by atoms with van der Waals surface area (Å²) in [4.78, 5) is 31.1. The largest absolute Gasteiger partial charge is 0.435 e. The molecule has 1 fully saturated rings. The first-order valence-electron chi connectivity index (χ1n) is 8.28. The van der Waals surface area contributed by atoms with Crippen LogP contribution in [0.1, 0.15) is 35.1 Å². The number of hydrogen-bond acceptors (Lipinski definition) is 5. The highest BCUT2D eigenvalue weighted by molar-refractivity contribution is 9.10. The lowest BCUT2D eigenvalue weighted by molar-refractivity contribution is -0.141. The van der Waals surface area contributed by atoms with E-state index in [1.807, 2.05) is 0 Å². The number of carbonyl (C=O) groups is 2. The summed E-state index contributed by atoms with van der Waals surface area (Å²) in [6.07, 6.45) is -1.92. The van der Waals surface area contributed by atoms with Crippen molar-refractivity contribution in [1.29, 1.82) is 0 Å². The molecule has 2 aromatic heterocycles. The maximum atomic E-state index is 13.4. The van der Waals surface area contributed by atoms with Crippen molar-refractivity contribution in [2.45, 2.75) is 32.0 Å². The van der Waals surface area contributed by atoms with E-state index in [-0.39, 0.29) is 22.4 Å². The molecule has 12 heteroatoms. The minimum absolute atomic E-state index is 0.0125. The van der Waals surface area contributed by atoms with Gasteiger partial charge in [-0.1, -0.05) is 0 Å². The molecule has 0 spiro atoms. The summed E-state index contributed by atoms with van der Waals surface area (Å²) in [5.41, 5.74) is -0.949. The van der Waals surface area contributed by atoms with Gasteiger partial charge in [0.05, 0.1) is 0 Å². The Morgan fingerprint density at radius 1 is 1.36 bits per heavy atom. The van der Waals surface area contributed by atoms with Crippen molar-refractivity contribution in [1.82, 2.24) is 20.6 Å². The second kappa shape index (κ2) is 8.03. The molecule has 0 aromatic carbocycles. The Labute approximate surface area is 170 Å². The van der Waals surface area contributed by atoms with Gasteiger partial charge in [0.25, 0.3) is 5.91 Å². The number of alkyl halides is 3. The molecule has 0 unspecified atom stereocenters. The number of pyridine rings is 1. The second-order valence-corrected chi connectivity index (χ2v) is 7.83. The first-order chi connectivity index (χ1) is 13.2. The lowest BCUT2D eigenvalue weighted by Crippen LogP contribution is -2.28. The van der Waals surface area contributed by atoms with Gasteiger partial charge >= 0.3 is 12.2 Å². The lowest BCUT2D eigenvalue weighted by atomic mass is 10.2. The molecule has 1 aliphatic carbocycles. The first kappa shape index (κ1) is 20.5. The van der Waals surface area contributed by atoms with Crippen molar-refractivity contribution in [2.24, 2.45) is 0 Å². The number of aromatic nitrogens is 2. The molecule has 0 aliphatic heterocycles. The maximum Gasteiger partial charge on any atom is 0.435 e. The van der Waals surface area contributed by atoms with Crippen LogP contribution in [-0.4, -0.2) is 34.5 Å². The second-order valence-electron chi connectivity index (χ2n) is 5.98. The zero-order valence-corrected chi connectivity index (χ0v) is 16.9. The third-order valence-corrected chi connectivity index (χ3v) is 5.40. The quantitative estimate of drug-likeness (QED) is 0.605. The zero-order valence-electron chi connectivity index (χ0n) is 14.5. The fourth-order valence-corrected chi connectivity index (χ4v) is 3.81. The van der Waals surface area contributed by atoms with Crippen molar-refractivity contribution >= 4 is 45.0 Å². The minimum Gasteiger partial charge on any atom is -0.349 e. The molecule has 0 bridgehead atoms. The molecule has 1 saturated carbocycles. The highest BCUT2D eigenvalue weighted by Crippen LogP contribution is 2.40. The van der Waals surface area contributed by atoms with Crippen molar-refractivity contribution in [3.63, 3.8) is 0 Å². The van der Waals surface area contributed by atoms with Crippen LogP contribution in [0.2, 0.25) is 0 Å². The van der Waals surface area contributed by atoms with E-state index in [1.54, 1.807) is 6.92 Å². The number of halogens is 4. The molecule has 1 aliphatic rings. The van der Waals surface area contributed by atoms with Gasteiger partial charge < -0.3 is 10.6 Å². The van der Waals surface area contributed by atoms with Gasteiger partial charge in [0.15, 0.2) is 5.69 Å². The lowest BCUT2D eigenvalue weighted by Gasteiger charge is -2.07. The minimum atomic E-state index is -4.77. The molecular weight excluding hydrogens is 463 g/mol. The van der Waals surface area contributed by atoms with Gasteiger partial charge in [0.2, 0.25) is 0 Å². The highest BCUT2D eigenvalue weighted by Gasteiger charge is 2.40. The zero-order chi connectivity index (χ0) is 20.5. The number of carbonyl (C=O) groups excluding carboxylic acids is 2. The van der Waals surface area contributed by atoms with E-state index in [0.29, 0.717) is 22.4 Å². The number of thiazole rings is 1. The third-order valence-electron chi connectivity index (χ3n) is 3.68. The van der Waals surface area contributed by atoms with Gasteiger partial charge in [-0.2, -0.15) is 13.2 Å². The van der Waals surface area contributed by atoms with E-state index in [4.69, 9.17) is 0 Å². The SMILES string of the molecule is CCNC(=O)Nc1cc(-c2nc(C(F)(F)F)c(C(=O)NC3CC3)s2)c(Br)cn1. The average Bonchev–Trinajstić information content (AvgIpc) is 3.29. The number of rotatable bonds is 5. The number of nitrogens with zero attached hydrogens (tertiary/aromatic N) is 2. The molecule has 2 aromatic rings. The number of nitrogens with one attached hydrogen (secondary N) is 3. The Morgan fingerprint density at radius 3 is 2.68 bits per heavy atom. The van der Waals surface area contributed by atoms with Gasteiger partial charge in [-0.15, -0.1) is 11.3 Å². The topological polar surface area (TPSA) is 96.0 Å². The first-order valence-corrected chi connectivity index (χ1v) is 9.89. The molecule has 0 atom stereocenters. The van der Waals surface area contributed by atoms with E-state index in [0.717, 1.165) is 12.8 Å². The molecule has 0 radical (unpaired) electrons. The van der Waals surface area contributed by atoms with E-state index in [1.165, 1.54) is 12.3 Å². The van der Waals surface area contributed by atoms with Crippen LogP contribution in [0.15, 0.2) is 16.7 Å². The maximum absolute atomic E-state index is 13.4. The molecule has 150 valence electrons. The molecule has 28 heavy (non-hydrogen) atoms. The van der Waals surface area contributed by atoms with E-state index in [2.05, 4.69) is 41.8 Å². The number of hydrogen-bond donors (Lipinski definition) is 3. The van der Waals surface area contributed by atoms with Crippen LogP contribution >= 0.6 is 27.3 Å². The molecule has 3 rings (SSSR count). The van der Waals surface area contributed by atoms with Crippen molar-refractivity contribution in [2.75, 3.05) is 11.9 Å². The molecular formula is C16H15BrF3N5O2S. The van der Waals surface area contributed by atoms with Gasteiger partial charge in [-0.25, -0.2) is 14.8 Å². The molecule has 2 heterocycles. The van der Waals surface area contributed by atoms with Crippen LogP contribution < -0.4 is 16.0 Å². The fourth-order valence-electron chi connectivity index (χ4n) is 2.25. The average molecular weight is 478 g/mol. The Bertz CT molecular complexity index is 914. The van der Waals surface area contributed by atoms with Gasteiger partial charge in [-0.3, -0.25) is 10.1 Å². The number of amides is 3. The van der Waals surface area contributed by atoms with Crippen LogP contribution in [0, 0.1) is 0 Å². The van der Waals surface area contributed by atoms with Crippen molar-refractivity contribution in [3.8, 4) is 10.6 Å². The summed E-state index contributed by atoms with van der Waals surface area (Å²) in [5, 5.41) is 7.55. The van der Waals surface area contributed by atoms with Crippen molar-refractivity contribution in [3.05, 3.63) is 27.3 Å². The van der Waals surface area contributed by atoms with E-state index in [9.17, 15) is 22.8 Å². The number of urea groups is 1. The summed E-state index contributed by atoms with van der Waals surface area (Å²) < 4.78 is 40.6. The summed E-state index contributed by atoms with van der Waals surface area (Å²) in [5.74, 6) is -0.652. The van der Waals surface area contributed by atoms with Gasteiger partial charge in [-0.05, 0) is 41.8 Å². The van der Waals surface area contributed by atoms with E-state index < -0.39 is 28.7 Å². The van der Waals surface area contributed by atoms with Crippen LogP contribution in [0.3, 0.4) is 0 Å². The highest BCUT2D eigenvalue weighted by atomic mass is 79.9. The van der Waals surface area contributed by atoms with Crippen LogP contribution in [0.25, 0.3) is 10.6 Å². The summed E-state index contributed by atoms with van der Waals surface area (Å²) in [7, 11) is 0. The summed E-state index contributed by atoms with van der Waals surface area (Å²) >= 11 is 3.87. The van der Waals surface area contributed by atoms with Gasteiger partial charge in [0, 0.05) is 28.8 Å². The monoisotopic (exact) mass is 477 g/mol. The predicted octanol–water partition coefficient (Wildman–Crippen LogP) is 4.02. The van der Waals surface area contributed by atoms with Gasteiger partial charge in [0.1, 0.15) is 15.7 Å². The Kier molecular flexibility index (Phi) is 5.89. The Hall–Kier alpha value is -2.21. The molecule has 3 N–H and O–H groups in total. The number of anilines is 1. The van der Waals surface area contributed by atoms with E-state index >= 15 is 0 Å². The van der Waals surface area contributed by atoms with Crippen LogP contribution in [0.4, 0.5) is 23.8 Å². The van der Waals surface area contributed by atoms with Crippen molar-refractivity contribution < 1.29 is 22.8 Å². The smallest absolute Gasteiger partial charge is 0.349 e. The Morgan fingerprint density at radius 2 is 2.07 bits per heavy atom. The predicted molar refractivity (Wildman–Crippen MR) is 101 cm³/mol.